The van der Waals surface area contributed by atoms with E-state index in [1.54, 1.807) is 32.9 Å². The summed E-state index contributed by atoms with van der Waals surface area (Å²) < 4.78 is 31.9. The van der Waals surface area contributed by atoms with Gasteiger partial charge in [0.1, 0.15) is 5.75 Å². The van der Waals surface area contributed by atoms with Crippen LogP contribution in [0.3, 0.4) is 0 Å². The smallest absolute Gasteiger partial charge is 0.258 e. The van der Waals surface area contributed by atoms with E-state index in [0.29, 0.717) is 24.4 Å². The average Bonchev–Trinajstić information content (AvgIpc) is 2.54. The van der Waals surface area contributed by atoms with Gasteiger partial charge in [-0.2, -0.15) is 4.31 Å². The van der Waals surface area contributed by atoms with Crippen molar-refractivity contribution in [3.05, 3.63) is 23.8 Å². The predicted molar refractivity (Wildman–Crippen MR) is 94.7 cm³/mol. The van der Waals surface area contributed by atoms with Gasteiger partial charge in [-0.3, -0.25) is 4.79 Å². The Morgan fingerprint density at radius 3 is 2.38 bits per heavy atom. The number of rotatable bonds is 9. The molecule has 1 atom stereocenters. The second kappa shape index (κ2) is 9.03. The number of hydrogen-bond donors (Lipinski definition) is 1. The molecular formula is C17H28N2O4S. The molecule has 0 aliphatic heterocycles. The third kappa shape index (κ3) is 5.21. The highest BCUT2D eigenvalue weighted by Crippen LogP contribution is 2.24. The van der Waals surface area contributed by atoms with Gasteiger partial charge in [0.2, 0.25) is 10.0 Å². The molecule has 1 aromatic rings. The van der Waals surface area contributed by atoms with Gasteiger partial charge in [0.15, 0.2) is 6.61 Å². The maximum absolute atomic E-state index is 12.5. The molecule has 0 heterocycles. The van der Waals surface area contributed by atoms with E-state index in [0.717, 1.165) is 6.42 Å². The van der Waals surface area contributed by atoms with Crippen LogP contribution >= 0.6 is 0 Å². The number of amides is 1. The summed E-state index contributed by atoms with van der Waals surface area (Å²) >= 11 is 0. The first-order valence-corrected chi connectivity index (χ1v) is 9.73. The van der Waals surface area contributed by atoms with Crippen LogP contribution in [0.2, 0.25) is 0 Å². The lowest BCUT2D eigenvalue weighted by Crippen LogP contribution is -2.35. The predicted octanol–water partition coefficient (Wildman–Crippen LogP) is 2.32. The third-order valence-corrected chi connectivity index (χ3v) is 5.91. The van der Waals surface area contributed by atoms with Gasteiger partial charge in [-0.05, 0) is 44.0 Å². The maximum Gasteiger partial charge on any atom is 0.258 e. The summed E-state index contributed by atoms with van der Waals surface area (Å²) in [6.45, 7) is 10.1. The van der Waals surface area contributed by atoms with E-state index in [9.17, 15) is 13.2 Å². The number of carbonyl (C=O) groups is 1. The Morgan fingerprint density at radius 1 is 1.25 bits per heavy atom. The number of aryl methyl sites for hydroxylation is 1. The number of nitrogens with zero attached hydrogens (tertiary/aromatic N) is 1. The van der Waals surface area contributed by atoms with Crippen molar-refractivity contribution in [3.8, 4) is 5.75 Å². The van der Waals surface area contributed by atoms with E-state index in [4.69, 9.17) is 4.74 Å². The Bertz CT molecular complexity index is 655. The summed E-state index contributed by atoms with van der Waals surface area (Å²) in [5.41, 5.74) is 0.680. The molecule has 0 aliphatic carbocycles. The first-order chi connectivity index (χ1) is 11.3. The fourth-order valence-electron chi connectivity index (χ4n) is 2.22. The first-order valence-electron chi connectivity index (χ1n) is 8.29. The zero-order chi connectivity index (χ0) is 18.3. The minimum absolute atomic E-state index is 0.0900. The summed E-state index contributed by atoms with van der Waals surface area (Å²) in [5, 5.41) is 2.82. The average molecular weight is 356 g/mol. The monoisotopic (exact) mass is 356 g/mol. The lowest BCUT2D eigenvalue weighted by Gasteiger charge is -2.19. The van der Waals surface area contributed by atoms with Crippen molar-refractivity contribution in [2.24, 2.45) is 0 Å². The van der Waals surface area contributed by atoms with Crippen molar-refractivity contribution < 1.29 is 17.9 Å². The number of ether oxygens (including phenoxy) is 1. The van der Waals surface area contributed by atoms with Crippen molar-refractivity contribution in [2.75, 3.05) is 19.7 Å². The molecule has 0 aromatic heterocycles. The number of nitrogens with one attached hydrogen (secondary N) is 1. The van der Waals surface area contributed by atoms with E-state index in [1.165, 1.54) is 10.4 Å². The Morgan fingerprint density at radius 2 is 1.88 bits per heavy atom. The quantitative estimate of drug-likeness (QED) is 0.737. The highest BCUT2D eigenvalue weighted by molar-refractivity contribution is 7.89. The molecule has 1 rings (SSSR count). The van der Waals surface area contributed by atoms with Crippen LogP contribution in [-0.4, -0.2) is 44.4 Å². The summed E-state index contributed by atoms with van der Waals surface area (Å²) in [6, 6.07) is 4.80. The first kappa shape index (κ1) is 20.4. The second-order valence-electron chi connectivity index (χ2n) is 5.68. The number of sulfonamides is 1. The fourth-order valence-corrected chi connectivity index (χ4v) is 3.76. The van der Waals surface area contributed by atoms with E-state index in [2.05, 4.69) is 5.32 Å². The third-order valence-electron chi connectivity index (χ3n) is 3.87. The zero-order valence-corrected chi connectivity index (χ0v) is 15.9. The lowest BCUT2D eigenvalue weighted by atomic mass is 10.2. The van der Waals surface area contributed by atoms with Crippen LogP contribution in [-0.2, 0) is 14.8 Å². The molecule has 0 fully saturated rings. The van der Waals surface area contributed by atoms with Crippen LogP contribution in [0, 0.1) is 6.92 Å². The molecule has 6 nitrogen and oxygen atoms in total. The molecule has 0 unspecified atom stereocenters. The summed E-state index contributed by atoms with van der Waals surface area (Å²) in [6.07, 6.45) is 0.850. The standard InChI is InChI=1S/C17H28N2O4S/c1-6-14(5)18-17(20)12-23-16-10-9-15(11-13(16)4)24(21,22)19(7-2)8-3/h9-11,14H,6-8,12H2,1-5H3,(H,18,20)/t14-/m1/s1. The lowest BCUT2D eigenvalue weighted by molar-refractivity contribution is -0.123. The highest BCUT2D eigenvalue weighted by Gasteiger charge is 2.22. The van der Waals surface area contributed by atoms with Gasteiger partial charge in [-0.25, -0.2) is 8.42 Å². The molecule has 24 heavy (non-hydrogen) atoms. The highest BCUT2D eigenvalue weighted by atomic mass is 32.2. The SMILES string of the molecule is CC[C@@H](C)NC(=O)COc1ccc(S(=O)(=O)N(CC)CC)cc1C. The molecule has 0 bridgehead atoms. The molecule has 0 spiro atoms. The molecule has 0 aliphatic rings. The van der Waals surface area contributed by atoms with Gasteiger partial charge in [0, 0.05) is 19.1 Å². The molecule has 136 valence electrons. The molecule has 1 N–H and O–H groups in total. The molecule has 0 saturated heterocycles. The number of hydrogen-bond acceptors (Lipinski definition) is 4. The largest absolute Gasteiger partial charge is 0.484 e. The van der Waals surface area contributed by atoms with Crippen molar-refractivity contribution in [2.45, 2.75) is 52.0 Å². The summed E-state index contributed by atoms with van der Waals surface area (Å²) in [7, 11) is -3.49. The van der Waals surface area contributed by atoms with Crippen LogP contribution < -0.4 is 10.1 Å². The van der Waals surface area contributed by atoms with Gasteiger partial charge in [0.25, 0.3) is 5.91 Å². The Labute approximate surface area is 145 Å². The molecule has 7 heteroatoms. The zero-order valence-electron chi connectivity index (χ0n) is 15.1. The minimum atomic E-state index is -3.49. The van der Waals surface area contributed by atoms with Gasteiger partial charge >= 0.3 is 0 Å². The van der Waals surface area contributed by atoms with Crippen molar-refractivity contribution in [1.29, 1.82) is 0 Å². The molecule has 0 radical (unpaired) electrons. The second-order valence-corrected chi connectivity index (χ2v) is 7.62. The summed E-state index contributed by atoms with van der Waals surface area (Å²) in [5.74, 6) is 0.316. The molecule has 0 saturated carbocycles. The van der Waals surface area contributed by atoms with E-state index in [1.807, 2.05) is 13.8 Å². The van der Waals surface area contributed by atoms with Crippen LogP contribution in [0.5, 0.6) is 5.75 Å². The van der Waals surface area contributed by atoms with Gasteiger partial charge < -0.3 is 10.1 Å². The van der Waals surface area contributed by atoms with E-state index in [-0.39, 0.29) is 23.5 Å². The molecule has 1 aromatic carbocycles. The van der Waals surface area contributed by atoms with Gasteiger partial charge in [-0.1, -0.05) is 20.8 Å². The van der Waals surface area contributed by atoms with Crippen LogP contribution in [0.25, 0.3) is 0 Å². The van der Waals surface area contributed by atoms with E-state index < -0.39 is 10.0 Å². The fraction of sp³-hybridized carbons (Fsp3) is 0.588. The maximum atomic E-state index is 12.5. The number of carbonyl (C=O) groups excluding carboxylic acids is 1. The normalized spacial score (nSPS) is 12.9. The van der Waals surface area contributed by atoms with Crippen molar-refractivity contribution >= 4 is 15.9 Å². The van der Waals surface area contributed by atoms with Crippen LogP contribution in [0.4, 0.5) is 0 Å². The van der Waals surface area contributed by atoms with Crippen molar-refractivity contribution in [1.82, 2.24) is 9.62 Å². The Kier molecular flexibility index (Phi) is 7.69. The van der Waals surface area contributed by atoms with Gasteiger partial charge in [-0.15, -0.1) is 0 Å². The van der Waals surface area contributed by atoms with Crippen LogP contribution in [0.1, 0.15) is 39.7 Å². The van der Waals surface area contributed by atoms with E-state index >= 15 is 0 Å². The van der Waals surface area contributed by atoms with Crippen molar-refractivity contribution in [3.63, 3.8) is 0 Å². The Hall–Kier alpha value is -1.60. The van der Waals surface area contributed by atoms with Crippen LogP contribution in [0.15, 0.2) is 23.1 Å². The van der Waals surface area contributed by atoms with Gasteiger partial charge in [0.05, 0.1) is 4.90 Å². The molecular weight excluding hydrogens is 328 g/mol. The summed E-state index contributed by atoms with van der Waals surface area (Å²) in [4.78, 5) is 12.0. The topological polar surface area (TPSA) is 75.7 Å². The minimum Gasteiger partial charge on any atom is -0.484 e. The Balaban J connectivity index is 2.84. The number of benzene rings is 1. The molecule has 1 amide bonds.